The first-order valence-corrected chi connectivity index (χ1v) is 11.5. The van der Waals surface area contributed by atoms with E-state index in [2.05, 4.69) is 0 Å². The van der Waals surface area contributed by atoms with Crippen LogP contribution in [0.4, 0.5) is 0 Å². The lowest BCUT2D eigenvalue weighted by molar-refractivity contribution is 0.0689. The topological polar surface area (TPSA) is 171 Å². The van der Waals surface area contributed by atoms with Crippen LogP contribution >= 0.6 is 0 Å². The first-order chi connectivity index (χ1) is 17.6. The summed E-state index contributed by atoms with van der Waals surface area (Å²) in [6, 6.07) is 2.28. The Morgan fingerprint density at radius 2 is 1.00 bits per heavy atom. The summed E-state index contributed by atoms with van der Waals surface area (Å²) in [6.45, 7) is 10.4. The van der Waals surface area contributed by atoms with Gasteiger partial charge in [-0.3, -0.25) is 0 Å². The fraction of sp³-hybridized carbons (Fsp3) is 0.250. The zero-order valence-corrected chi connectivity index (χ0v) is 21.9. The van der Waals surface area contributed by atoms with E-state index in [4.69, 9.17) is 9.47 Å². The minimum absolute atomic E-state index is 0.0277. The van der Waals surface area contributed by atoms with E-state index in [9.17, 15) is 39.9 Å². The predicted octanol–water partition coefficient (Wildman–Crippen LogP) is 4.80. The monoisotopic (exact) mass is 524 g/mol. The van der Waals surface area contributed by atoms with E-state index in [1.165, 1.54) is 40.7 Å². The Bertz CT molecular complexity index is 1450. The maximum Gasteiger partial charge on any atom is 0.347 e. The number of aromatic hydroxyl groups is 4. The van der Waals surface area contributed by atoms with Crippen LogP contribution < -0.4 is 9.47 Å². The Labute approximate surface area is 218 Å². The van der Waals surface area contributed by atoms with E-state index in [1.54, 1.807) is 13.8 Å². The first kappa shape index (κ1) is 27.9. The van der Waals surface area contributed by atoms with Crippen molar-refractivity contribution in [2.24, 2.45) is 0 Å². The second-order valence-corrected chi connectivity index (χ2v) is 9.10. The van der Waals surface area contributed by atoms with Gasteiger partial charge in [0.1, 0.15) is 51.2 Å². The molecule has 10 nitrogen and oxygen atoms in total. The normalized spacial score (nSPS) is 10.8. The summed E-state index contributed by atoms with van der Waals surface area (Å²) in [5.74, 6) is -5.06. The second kappa shape index (κ2) is 9.97. The third kappa shape index (κ3) is 4.56. The van der Waals surface area contributed by atoms with E-state index in [1.807, 2.05) is 0 Å². The maximum absolute atomic E-state index is 13.2. The Morgan fingerprint density at radius 3 is 1.45 bits per heavy atom. The Hall–Kier alpha value is -4.73. The highest BCUT2D eigenvalue weighted by Gasteiger charge is 2.29. The number of hydrogen-bond acceptors (Lipinski definition) is 9. The van der Waals surface area contributed by atoms with Gasteiger partial charge in [0.15, 0.2) is 0 Å². The number of carbonyl (C=O) groups is 3. The standard InChI is InChI=1S/C28H28O10/c1-10-8-17(29)9-18(30)19(10)27(35)37-25-14(5)12(3)21(23(32)16(25)7)28(36)38-24-13(4)11(2)20(26(33)34)22(31)15(24)6/h8-9,29-32H,1-7H3,(H,33,34). The van der Waals surface area contributed by atoms with Crippen molar-refractivity contribution in [3.05, 3.63) is 67.8 Å². The number of esters is 2. The Balaban J connectivity index is 2.05. The molecule has 0 unspecified atom stereocenters. The average molecular weight is 525 g/mol. The molecule has 0 aliphatic carbocycles. The molecule has 0 amide bonds. The molecule has 200 valence electrons. The molecule has 0 aliphatic heterocycles. The van der Waals surface area contributed by atoms with Gasteiger partial charge >= 0.3 is 17.9 Å². The van der Waals surface area contributed by atoms with Crippen LogP contribution in [0.25, 0.3) is 0 Å². The number of carboxylic acid groups (broad SMARTS) is 1. The smallest absolute Gasteiger partial charge is 0.347 e. The first-order valence-electron chi connectivity index (χ1n) is 11.5. The number of phenols is 4. The third-order valence-corrected chi connectivity index (χ3v) is 6.73. The number of benzene rings is 3. The minimum atomic E-state index is -1.33. The number of hydrogen-bond donors (Lipinski definition) is 5. The van der Waals surface area contributed by atoms with Crippen molar-refractivity contribution in [3.8, 4) is 34.5 Å². The van der Waals surface area contributed by atoms with Gasteiger partial charge in [0, 0.05) is 17.2 Å². The lowest BCUT2D eigenvalue weighted by Gasteiger charge is -2.20. The molecule has 0 bridgehead atoms. The molecular formula is C28H28O10. The molecule has 5 N–H and O–H groups in total. The van der Waals surface area contributed by atoms with E-state index < -0.39 is 35.2 Å². The molecular weight excluding hydrogens is 496 g/mol. The van der Waals surface area contributed by atoms with Crippen molar-refractivity contribution in [2.45, 2.75) is 48.5 Å². The van der Waals surface area contributed by atoms with Gasteiger partial charge in [0.25, 0.3) is 0 Å². The zero-order chi connectivity index (χ0) is 28.8. The van der Waals surface area contributed by atoms with Gasteiger partial charge in [0.05, 0.1) is 0 Å². The highest BCUT2D eigenvalue weighted by atomic mass is 16.5. The number of aryl methyl sites for hydroxylation is 1. The molecule has 0 heterocycles. The summed E-state index contributed by atoms with van der Waals surface area (Å²) < 4.78 is 11.0. The summed E-state index contributed by atoms with van der Waals surface area (Å²) >= 11 is 0. The number of carbonyl (C=O) groups excluding carboxylic acids is 2. The third-order valence-electron chi connectivity index (χ3n) is 6.73. The number of phenolic OH excluding ortho intramolecular Hbond substituents is 3. The Morgan fingerprint density at radius 1 is 0.579 bits per heavy atom. The van der Waals surface area contributed by atoms with Crippen molar-refractivity contribution >= 4 is 17.9 Å². The molecule has 0 radical (unpaired) electrons. The predicted molar refractivity (Wildman–Crippen MR) is 136 cm³/mol. The molecule has 0 saturated carbocycles. The number of ether oxygens (including phenoxy) is 2. The highest BCUT2D eigenvalue weighted by molar-refractivity contribution is 6.00. The van der Waals surface area contributed by atoms with Gasteiger partial charge in [0.2, 0.25) is 0 Å². The highest BCUT2D eigenvalue weighted by Crippen LogP contribution is 2.41. The molecule has 0 spiro atoms. The average Bonchev–Trinajstić information content (AvgIpc) is 2.81. The van der Waals surface area contributed by atoms with Crippen LogP contribution in [0.15, 0.2) is 12.1 Å². The van der Waals surface area contributed by atoms with Crippen molar-refractivity contribution in [1.82, 2.24) is 0 Å². The van der Waals surface area contributed by atoms with Crippen molar-refractivity contribution in [2.75, 3.05) is 0 Å². The minimum Gasteiger partial charge on any atom is -0.508 e. The quantitative estimate of drug-likeness (QED) is 0.230. The van der Waals surface area contributed by atoms with E-state index in [0.717, 1.165) is 6.07 Å². The number of rotatable bonds is 5. The van der Waals surface area contributed by atoms with Crippen LogP contribution in [-0.2, 0) is 0 Å². The molecule has 10 heteroatoms. The van der Waals surface area contributed by atoms with Crippen molar-refractivity contribution < 1.29 is 49.4 Å². The number of carboxylic acids is 1. The fourth-order valence-corrected chi connectivity index (χ4v) is 4.34. The Kier molecular flexibility index (Phi) is 7.30. The summed E-state index contributed by atoms with van der Waals surface area (Å²) in [5.41, 5.74) is 0.801. The summed E-state index contributed by atoms with van der Waals surface area (Å²) in [7, 11) is 0. The van der Waals surface area contributed by atoms with Gasteiger partial charge < -0.3 is 35.0 Å². The summed E-state index contributed by atoms with van der Waals surface area (Å²) in [6.07, 6.45) is 0. The van der Waals surface area contributed by atoms with Crippen LogP contribution in [0.3, 0.4) is 0 Å². The molecule has 3 rings (SSSR count). The maximum atomic E-state index is 13.2. The second-order valence-electron chi connectivity index (χ2n) is 9.10. The van der Waals surface area contributed by atoms with Gasteiger partial charge in [-0.05, 0) is 82.3 Å². The van der Waals surface area contributed by atoms with Gasteiger partial charge in [-0.25, -0.2) is 14.4 Å². The van der Waals surface area contributed by atoms with Crippen LogP contribution in [0, 0.1) is 48.5 Å². The van der Waals surface area contributed by atoms with E-state index in [0.29, 0.717) is 11.1 Å². The van der Waals surface area contributed by atoms with Crippen LogP contribution in [0.1, 0.15) is 70.0 Å². The van der Waals surface area contributed by atoms with Crippen molar-refractivity contribution in [3.63, 3.8) is 0 Å². The van der Waals surface area contributed by atoms with Crippen molar-refractivity contribution in [1.29, 1.82) is 0 Å². The van der Waals surface area contributed by atoms with Crippen LogP contribution in [0.2, 0.25) is 0 Å². The van der Waals surface area contributed by atoms with Gasteiger partial charge in [-0.1, -0.05) is 0 Å². The van der Waals surface area contributed by atoms with Gasteiger partial charge in [-0.2, -0.15) is 0 Å². The van der Waals surface area contributed by atoms with E-state index >= 15 is 0 Å². The van der Waals surface area contributed by atoms with E-state index in [-0.39, 0.29) is 61.8 Å². The molecule has 38 heavy (non-hydrogen) atoms. The summed E-state index contributed by atoms with van der Waals surface area (Å²) in [5, 5.41) is 50.5. The molecule has 0 saturated heterocycles. The largest absolute Gasteiger partial charge is 0.508 e. The molecule has 0 atom stereocenters. The molecule has 0 aliphatic rings. The zero-order valence-electron chi connectivity index (χ0n) is 21.9. The van der Waals surface area contributed by atoms with Crippen LogP contribution in [0.5, 0.6) is 34.5 Å². The van der Waals surface area contributed by atoms with Gasteiger partial charge in [-0.15, -0.1) is 0 Å². The fourth-order valence-electron chi connectivity index (χ4n) is 4.34. The molecule has 3 aromatic carbocycles. The number of aromatic carboxylic acids is 1. The molecule has 3 aromatic rings. The molecule has 0 aromatic heterocycles. The lowest BCUT2D eigenvalue weighted by atomic mass is 9.96. The van der Waals surface area contributed by atoms with Crippen LogP contribution in [-0.4, -0.2) is 43.4 Å². The molecule has 0 fully saturated rings. The SMILES string of the molecule is Cc1cc(O)cc(O)c1C(=O)Oc1c(C)c(C)c(C(=O)Oc2c(C)c(C)c(C(=O)O)c(O)c2C)c(O)c1C. The summed E-state index contributed by atoms with van der Waals surface area (Å²) in [4.78, 5) is 37.7. The lowest BCUT2D eigenvalue weighted by Crippen LogP contribution is -2.17.